The Morgan fingerprint density at radius 2 is 1.60 bits per heavy atom. The van der Waals surface area contributed by atoms with Gasteiger partial charge in [0.15, 0.2) is 5.76 Å². The van der Waals surface area contributed by atoms with Crippen LogP contribution in [0, 0.1) is 6.92 Å². The molecule has 1 rings (SSSR count). The molecule has 0 aliphatic heterocycles. The van der Waals surface area contributed by atoms with Crippen LogP contribution in [0.2, 0.25) is 0 Å². The van der Waals surface area contributed by atoms with E-state index in [2.05, 4.69) is 0 Å². The molecule has 0 saturated heterocycles. The lowest BCUT2D eigenvalue weighted by Gasteiger charge is -2.00. The van der Waals surface area contributed by atoms with Crippen LogP contribution in [-0.4, -0.2) is 14.2 Å². The van der Waals surface area contributed by atoms with E-state index in [0.29, 0.717) is 17.3 Å². The molecule has 0 spiro atoms. The molecule has 0 N–H and O–H groups in total. The van der Waals surface area contributed by atoms with E-state index in [1.807, 2.05) is 39.8 Å². The molecule has 0 unspecified atom stereocenters. The number of aryl methyl sites for hydroxylation is 1. The Morgan fingerprint density at radius 1 is 1.07 bits per heavy atom. The Morgan fingerprint density at radius 3 is 2.00 bits per heavy atom. The molecule has 1 heterocycles. The summed E-state index contributed by atoms with van der Waals surface area (Å²) in [6.45, 7) is 7.76. The molecule has 0 aliphatic carbocycles. The largest absolute Gasteiger partial charge is 0.490 e. The van der Waals surface area contributed by atoms with Gasteiger partial charge in [-0.3, -0.25) is 0 Å². The van der Waals surface area contributed by atoms with Crippen LogP contribution in [0.5, 0.6) is 11.5 Å². The molecule has 0 bridgehead atoms. The van der Waals surface area contributed by atoms with Gasteiger partial charge in [0.1, 0.15) is 5.76 Å². The molecule has 1 aromatic heterocycles. The lowest BCUT2D eigenvalue weighted by Crippen LogP contribution is -1.88. The van der Waals surface area contributed by atoms with E-state index in [1.54, 1.807) is 14.2 Å². The third-order valence-corrected chi connectivity index (χ3v) is 1.74. The first-order chi connectivity index (χ1) is 7.24. The van der Waals surface area contributed by atoms with Gasteiger partial charge < -0.3 is 13.9 Å². The van der Waals surface area contributed by atoms with Crippen LogP contribution in [0.4, 0.5) is 0 Å². The molecule has 0 radical (unpaired) electrons. The molecule has 0 aromatic carbocycles. The van der Waals surface area contributed by atoms with E-state index in [-0.39, 0.29) is 0 Å². The number of ether oxygens (including phenoxy) is 2. The van der Waals surface area contributed by atoms with Crippen molar-refractivity contribution in [3.05, 3.63) is 17.6 Å². The molecule has 3 heteroatoms. The Balaban J connectivity index is 0.000000921. The number of rotatable bonds is 3. The molecule has 0 amide bonds. The van der Waals surface area contributed by atoms with Crippen molar-refractivity contribution < 1.29 is 13.9 Å². The summed E-state index contributed by atoms with van der Waals surface area (Å²) in [6, 6.07) is 0. The topological polar surface area (TPSA) is 31.6 Å². The van der Waals surface area contributed by atoms with E-state index < -0.39 is 0 Å². The number of hydrogen-bond acceptors (Lipinski definition) is 3. The molecular weight excluding hydrogens is 192 g/mol. The quantitative estimate of drug-likeness (QED) is 0.766. The van der Waals surface area contributed by atoms with Crippen molar-refractivity contribution in [2.24, 2.45) is 0 Å². The zero-order chi connectivity index (χ0) is 11.8. The summed E-state index contributed by atoms with van der Waals surface area (Å²) in [6.07, 6.45) is 3.73. The number of furan rings is 1. The standard InChI is InChI=1S/C10H14O3.C2H6/c1-5-6-8-10(12-4)9(11-3)7(2)13-8;1-2/h5-6H,1-4H3;1-2H3/b6-5+;. The summed E-state index contributed by atoms with van der Waals surface area (Å²) in [4.78, 5) is 0. The highest BCUT2D eigenvalue weighted by molar-refractivity contribution is 5.59. The summed E-state index contributed by atoms with van der Waals surface area (Å²) >= 11 is 0. The van der Waals surface area contributed by atoms with Crippen LogP contribution >= 0.6 is 0 Å². The predicted octanol–water partition coefficient (Wildman–Crippen LogP) is 3.66. The van der Waals surface area contributed by atoms with Gasteiger partial charge >= 0.3 is 0 Å². The average molecular weight is 212 g/mol. The molecule has 15 heavy (non-hydrogen) atoms. The van der Waals surface area contributed by atoms with Crippen LogP contribution in [-0.2, 0) is 0 Å². The molecule has 3 nitrogen and oxygen atoms in total. The van der Waals surface area contributed by atoms with Crippen LogP contribution < -0.4 is 9.47 Å². The first-order valence-corrected chi connectivity index (χ1v) is 5.08. The van der Waals surface area contributed by atoms with E-state index >= 15 is 0 Å². The second-order valence-electron chi connectivity index (χ2n) is 2.59. The van der Waals surface area contributed by atoms with Gasteiger partial charge in [-0.25, -0.2) is 0 Å². The predicted molar refractivity (Wildman–Crippen MR) is 62.6 cm³/mol. The number of methoxy groups -OCH3 is 2. The SMILES string of the molecule is C/C=C/c1oc(C)c(OC)c1OC.CC. The first-order valence-electron chi connectivity index (χ1n) is 5.08. The van der Waals surface area contributed by atoms with Crippen LogP contribution in [0.1, 0.15) is 32.3 Å². The van der Waals surface area contributed by atoms with E-state index in [9.17, 15) is 0 Å². The molecule has 0 aliphatic rings. The highest BCUT2D eigenvalue weighted by Gasteiger charge is 2.16. The fourth-order valence-corrected chi connectivity index (χ4v) is 1.22. The Labute approximate surface area is 91.7 Å². The maximum Gasteiger partial charge on any atom is 0.207 e. The van der Waals surface area contributed by atoms with E-state index in [1.165, 1.54) is 0 Å². The van der Waals surface area contributed by atoms with Crippen molar-refractivity contribution in [1.29, 1.82) is 0 Å². The highest BCUT2D eigenvalue weighted by Crippen LogP contribution is 2.37. The Hall–Kier alpha value is -1.38. The monoisotopic (exact) mass is 212 g/mol. The number of allylic oxidation sites excluding steroid dienone is 1. The summed E-state index contributed by atoms with van der Waals surface area (Å²) in [5, 5.41) is 0. The van der Waals surface area contributed by atoms with Gasteiger partial charge in [0.05, 0.1) is 14.2 Å². The zero-order valence-corrected chi connectivity index (χ0v) is 10.4. The van der Waals surface area contributed by atoms with Crippen LogP contribution in [0.25, 0.3) is 6.08 Å². The smallest absolute Gasteiger partial charge is 0.207 e. The van der Waals surface area contributed by atoms with Gasteiger partial charge in [-0.15, -0.1) is 0 Å². The van der Waals surface area contributed by atoms with Gasteiger partial charge in [-0.1, -0.05) is 19.9 Å². The first kappa shape index (κ1) is 13.6. The Kier molecular flexibility index (Phi) is 6.34. The number of hydrogen-bond donors (Lipinski definition) is 0. The second kappa shape index (κ2) is 6.98. The molecular formula is C12H20O3. The van der Waals surface area contributed by atoms with Gasteiger partial charge in [-0.05, 0) is 19.9 Å². The van der Waals surface area contributed by atoms with Gasteiger partial charge in [0, 0.05) is 0 Å². The van der Waals surface area contributed by atoms with Crippen molar-refractivity contribution in [2.45, 2.75) is 27.7 Å². The third-order valence-electron chi connectivity index (χ3n) is 1.74. The van der Waals surface area contributed by atoms with E-state index in [4.69, 9.17) is 13.9 Å². The van der Waals surface area contributed by atoms with Crippen molar-refractivity contribution in [2.75, 3.05) is 14.2 Å². The summed E-state index contributed by atoms with van der Waals surface area (Å²) < 4.78 is 15.7. The normalized spacial score (nSPS) is 9.73. The van der Waals surface area contributed by atoms with E-state index in [0.717, 1.165) is 5.76 Å². The molecule has 0 fully saturated rings. The van der Waals surface area contributed by atoms with Crippen LogP contribution in [0.3, 0.4) is 0 Å². The van der Waals surface area contributed by atoms with Gasteiger partial charge in [0.2, 0.25) is 11.5 Å². The van der Waals surface area contributed by atoms with Crippen LogP contribution in [0.15, 0.2) is 10.5 Å². The van der Waals surface area contributed by atoms with Crippen molar-refractivity contribution in [3.8, 4) is 11.5 Å². The molecule has 1 aromatic rings. The third kappa shape index (κ3) is 3.05. The minimum absolute atomic E-state index is 0.651. The van der Waals surface area contributed by atoms with Gasteiger partial charge in [0.25, 0.3) is 0 Å². The van der Waals surface area contributed by atoms with Crippen molar-refractivity contribution in [1.82, 2.24) is 0 Å². The lowest BCUT2D eigenvalue weighted by molar-refractivity contribution is 0.356. The van der Waals surface area contributed by atoms with Gasteiger partial charge in [-0.2, -0.15) is 0 Å². The lowest BCUT2D eigenvalue weighted by atomic mass is 10.3. The maximum absolute atomic E-state index is 5.43. The average Bonchev–Trinajstić information content (AvgIpc) is 2.57. The fraction of sp³-hybridized carbons (Fsp3) is 0.500. The zero-order valence-electron chi connectivity index (χ0n) is 10.4. The summed E-state index contributed by atoms with van der Waals surface area (Å²) in [5.41, 5.74) is 0. The molecule has 0 atom stereocenters. The van der Waals surface area contributed by atoms with Crippen molar-refractivity contribution >= 4 is 6.08 Å². The highest BCUT2D eigenvalue weighted by atomic mass is 16.5. The minimum atomic E-state index is 0.651. The van der Waals surface area contributed by atoms with Crippen molar-refractivity contribution in [3.63, 3.8) is 0 Å². The minimum Gasteiger partial charge on any atom is -0.490 e. The summed E-state index contributed by atoms with van der Waals surface area (Å²) in [5.74, 6) is 2.74. The summed E-state index contributed by atoms with van der Waals surface area (Å²) in [7, 11) is 3.19. The fourth-order valence-electron chi connectivity index (χ4n) is 1.22. The molecule has 0 saturated carbocycles. The molecule has 86 valence electrons. The maximum atomic E-state index is 5.43. The second-order valence-corrected chi connectivity index (χ2v) is 2.59. The Bertz CT molecular complexity index is 311.